The standard InChI is InChI=1S/C22H20N6O2/c23-8-3-9-28-20(22(29)30)16-7-6-14-11-25-21(26-18(14)19(16)27-28)15-10-13-4-1-2-5-17(13)24-12-15/h1-2,4-5,10-12H,3,6-9,23H2,(H,29,30). The predicted molar refractivity (Wildman–Crippen MR) is 112 cm³/mol. The van der Waals surface area contributed by atoms with Crippen LogP contribution in [0.1, 0.15) is 28.0 Å². The quantitative estimate of drug-likeness (QED) is 0.528. The third-order valence-corrected chi connectivity index (χ3v) is 5.41. The van der Waals surface area contributed by atoms with E-state index < -0.39 is 5.97 Å². The average Bonchev–Trinajstić information content (AvgIpc) is 3.16. The summed E-state index contributed by atoms with van der Waals surface area (Å²) in [4.78, 5) is 25.7. The molecule has 0 unspecified atom stereocenters. The Hall–Kier alpha value is -3.65. The minimum Gasteiger partial charge on any atom is -0.477 e. The van der Waals surface area contributed by atoms with Crippen LogP contribution in [0.3, 0.4) is 0 Å². The molecule has 0 fully saturated rings. The van der Waals surface area contributed by atoms with Crippen molar-refractivity contribution in [3.8, 4) is 22.8 Å². The second-order valence-corrected chi connectivity index (χ2v) is 7.33. The first-order valence-electron chi connectivity index (χ1n) is 9.90. The van der Waals surface area contributed by atoms with Crippen LogP contribution in [0, 0.1) is 0 Å². The van der Waals surface area contributed by atoms with Gasteiger partial charge in [0.05, 0.1) is 11.2 Å². The first-order valence-corrected chi connectivity index (χ1v) is 9.90. The van der Waals surface area contributed by atoms with Gasteiger partial charge in [-0.2, -0.15) is 5.10 Å². The largest absolute Gasteiger partial charge is 0.477 e. The normalized spacial score (nSPS) is 12.6. The summed E-state index contributed by atoms with van der Waals surface area (Å²) in [6.07, 6.45) is 5.52. The molecule has 0 atom stereocenters. The number of carboxylic acid groups (broad SMARTS) is 1. The van der Waals surface area contributed by atoms with E-state index in [1.165, 1.54) is 0 Å². The number of rotatable bonds is 5. The number of aryl methyl sites for hydroxylation is 2. The van der Waals surface area contributed by atoms with Crippen LogP contribution < -0.4 is 5.73 Å². The summed E-state index contributed by atoms with van der Waals surface area (Å²) >= 11 is 0. The van der Waals surface area contributed by atoms with Crippen molar-refractivity contribution in [2.24, 2.45) is 5.73 Å². The molecule has 1 aliphatic rings. The Morgan fingerprint density at radius 2 is 2.00 bits per heavy atom. The highest BCUT2D eigenvalue weighted by Crippen LogP contribution is 2.34. The van der Waals surface area contributed by atoms with Crippen LogP contribution in [0.15, 0.2) is 42.7 Å². The Morgan fingerprint density at radius 3 is 2.83 bits per heavy atom. The van der Waals surface area contributed by atoms with Crippen LogP contribution in [-0.4, -0.2) is 42.4 Å². The first kappa shape index (κ1) is 18.4. The van der Waals surface area contributed by atoms with E-state index in [1.54, 1.807) is 10.9 Å². The number of carbonyl (C=O) groups is 1. The van der Waals surface area contributed by atoms with Crippen LogP contribution in [0.4, 0.5) is 0 Å². The highest BCUT2D eigenvalue weighted by Gasteiger charge is 2.29. The molecule has 0 saturated heterocycles. The SMILES string of the molecule is NCCCn1nc2c(c1C(=O)O)CCc1cnc(-c3cnc4ccccc4c3)nc1-2. The van der Waals surface area contributed by atoms with Crippen LogP contribution >= 0.6 is 0 Å². The van der Waals surface area contributed by atoms with Crippen molar-refractivity contribution in [1.82, 2.24) is 24.7 Å². The van der Waals surface area contributed by atoms with Gasteiger partial charge in [-0.1, -0.05) is 18.2 Å². The molecule has 0 aliphatic heterocycles. The lowest BCUT2D eigenvalue weighted by Crippen LogP contribution is -2.14. The molecule has 8 nitrogen and oxygen atoms in total. The van der Waals surface area contributed by atoms with Gasteiger partial charge in [-0.3, -0.25) is 9.67 Å². The highest BCUT2D eigenvalue weighted by atomic mass is 16.4. The predicted octanol–water partition coefficient (Wildman–Crippen LogP) is 2.70. The number of fused-ring (bicyclic) bond motifs is 4. The molecular formula is C22H20N6O2. The molecule has 1 aromatic carbocycles. The van der Waals surface area contributed by atoms with Crippen molar-refractivity contribution in [3.63, 3.8) is 0 Å². The van der Waals surface area contributed by atoms with E-state index in [0.29, 0.717) is 49.6 Å². The molecule has 5 rings (SSSR count). The summed E-state index contributed by atoms with van der Waals surface area (Å²) in [5.41, 5.74) is 10.6. The molecule has 3 N–H and O–H groups in total. The van der Waals surface area contributed by atoms with E-state index in [-0.39, 0.29) is 5.69 Å². The number of para-hydroxylation sites is 1. The molecule has 0 radical (unpaired) electrons. The van der Waals surface area contributed by atoms with Crippen molar-refractivity contribution in [2.45, 2.75) is 25.8 Å². The second-order valence-electron chi connectivity index (χ2n) is 7.33. The zero-order chi connectivity index (χ0) is 20.7. The summed E-state index contributed by atoms with van der Waals surface area (Å²) in [6.45, 7) is 0.939. The summed E-state index contributed by atoms with van der Waals surface area (Å²) in [7, 11) is 0. The van der Waals surface area contributed by atoms with Crippen LogP contribution in [0.5, 0.6) is 0 Å². The van der Waals surface area contributed by atoms with Crippen molar-refractivity contribution >= 4 is 16.9 Å². The van der Waals surface area contributed by atoms with E-state index in [0.717, 1.165) is 27.6 Å². The lowest BCUT2D eigenvalue weighted by Gasteiger charge is -2.15. The Labute approximate surface area is 172 Å². The highest BCUT2D eigenvalue weighted by molar-refractivity contribution is 5.90. The zero-order valence-corrected chi connectivity index (χ0v) is 16.2. The van der Waals surface area contributed by atoms with E-state index >= 15 is 0 Å². The molecule has 1 aliphatic carbocycles. The molecule has 30 heavy (non-hydrogen) atoms. The number of hydrogen-bond acceptors (Lipinski definition) is 6. The number of nitrogens with zero attached hydrogens (tertiary/aromatic N) is 5. The van der Waals surface area contributed by atoms with Gasteiger partial charge in [-0.15, -0.1) is 0 Å². The van der Waals surface area contributed by atoms with Gasteiger partial charge in [0.25, 0.3) is 0 Å². The summed E-state index contributed by atoms with van der Waals surface area (Å²) in [5.74, 6) is -0.425. The first-order chi connectivity index (χ1) is 14.7. The monoisotopic (exact) mass is 400 g/mol. The molecule has 0 amide bonds. The maximum atomic E-state index is 11.9. The van der Waals surface area contributed by atoms with Gasteiger partial charge in [0.2, 0.25) is 0 Å². The van der Waals surface area contributed by atoms with E-state index in [1.807, 2.05) is 36.5 Å². The third kappa shape index (κ3) is 3.02. The van der Waals surface area contributed by atoms with Gasteiger partial charge in [0, 0.05) is 35.5 Å². The average molecular weight is 400 g/mol. The van der Waals surface area contributed by atoms with Gasteiger partial charge in [-0.25, -0.2) is 14.8 Å². The van der Waals surface area contributed by atoms with Crippen LogP contribution in [0.2, 0.25) is 0 Å². The fourth-order valence-electron chi connectivity index (χ4n) is 3.96. The van der Waals surface area contributed by atoms with Crippen molar-refractivity contribution in [3.05, 3.63) is 59.5 Å². The van der Waals surface area contributed by atoms with Crippen LogP contribution in [-0.2, 0) is 19.4 Å². The molecule has 8 heteroatoms. The minimum atomic E-state index is -0.975. The maximum Gasteiger partial charge on any atom is 0.354 e. The van der Waals surface area contributed by atoms with E-state index in [2.05, 4.69) is 15.1 Å². The number of benzene rings is 1. The third-order valence-electron chi connectivity index (χ3n) is 5.41. The molecule has 0 spiro atoms. The zero-order valence-electron chi connectivity index (χ0n) is 16.2. The van der Waals surface area contributed by atoms with Gasteiger partial charge in [-0.05, 0) is 43.5 Å². The number of carboxylic acids is 1. The smallest absolute Gasteiger partial charge is 0.354 e. The Bertz CT molecular complexity index is 1280. The number of pyridine rings is 1. The van der Waals surface area contributed by atoms with Crippen molar-refractivity contribution in [2.75, 3.05) is 6.54 Å². The van der Waals surface area contributed by atoms with Crippen molar-refractivity contribution in [1.29, 1.82) is 0 Å². The van der Waals surface area contributed by atoms with Crippen molar-refractivity contribution < 1.29 is 9.90 Å². The van der Waals surface area contributed by atoms with Gasteiger partial charge in [0.1, 0.15) is 11.4 Å². The summed E-state index contributed by atoms with van der Waals surface area (Å²) < 4.78 is 1.55. The summed E-state index contributed by atoms with van der Waals surface area (Å²) in [5, 5.41) is 15.4. The minimum absolute atomic E-state index is 0.233. The van der Waals surface area contributed by atoms with Gasteiger partial charge < -0.3 is 10.8 Å². The topological polar surface area (TPSA) is 120 Å². The second kappa shape index (κ2) is 7.31. The Morgan fingerprint density at radius 1 is 1.13 bits per heavy atom. The van der Waals surface area contributed by atoms with E-state index in [9.17, 15) is 9.90 Å². The fourth-order valence-corrected chi connectivity index (χ4v) is 3.96. The summed E-state index contributed by atoms with van der Waals surface area (Å²) in [6, 6.07) is 9.89. The molecule has 4 aromatic rings. The number of hydrogen-bond donors (Lipinski definition) is 2. The van der Waals surface area contributed by atoms with Crippen LogP contribution in [0.25, 0.3) is 33.7 Å². The van der Waals surface area contributed by atoms with E-state index in [4.69, 9.17) is 10.7 Å². The molecule has 3 aromatic heterocycles. The Kier molecular flexibility index (Phi) is 4.48. The number of aromatic nitrogens is 5. The maximum absolute atomic E-state index is 11.9. The molecule has 150 valence electrons. The molecule has 0 bridgehead atoms. The lowest BCUT2D eigenvalue weighted by molar-refractivity contribution is 0.0681. The number of nitrogens with two attached hydrogens (primary N) is 1. The molecular weight excluding hydrogens is 380 g/mol. The Balaban J connectivity index is 1.63. The van der Waals surface area contributed by atoms with Gasteiger partial charge in [0.15, 0.2) is 5.82 Å². The number of aromatic carboxylic acids is 1. The molecule has 0 saturated carbocycles. The fraction of sp³-hybridized carbons (Fsp3) is 0.227. The van der Waals surface area contributed by atoms with Gasteiger partial charge >= 0.3 is 5.97 Å². The molecule has 3 heterocycles. The lowest BCUT2D eigenvalue weighted by atomic mass is 9.93.